The number of rotatable bonds is 5. The van der Waals surface area contributed by atoms with Crippen LogP contribution in [0.4, 0.5) is 5.00 Å². The van der Waals surface area contributed by atoms with Crippen molar-refractivity contribution < 1.29 is 9.59 Å². The number of aryl methyl sites for hydroxylation is 1. The molecule has 1 aliphatic rings. The normalized spacial score (nSPS) is 16.1. The van der Waals surface area contributed by atoms with Gasteiger partial charge in [0.25, 0.3) is 5.91 Å². The van der Waals surface area contributed by atoms with Gasteiger partial charge in [0.1, 0.15) is 0 Å². The zero-order chi connectivity index (χ0) is 18.6. The van der Waals surface area contributed by atoms with E-state index in [0.29, 0.717) is 5.92 Å². The third-order valence-electron chi connectivity index (χ3n) is 4.73. The third-order valence-corrected chi connectivity index (χ3v) is 5.87. The van der Waals surface area contributed by atoms with E-state index in [1.165, 1.54) is 17.8 Å². The first kappa shape index (κ1) is 19.9. The summed E-state index contributed by atoms with van der Waals surface area (Å²) in [6, 6.07) is 1.90. The van der Waals surface area contributed by atoms with Crippen molar-refractivity contribution in [2.75, 3.05) is 32.0 Å². The highest BCUT2D eigenvalue weighted by Crippen LogP contribution is 2.31. The average molecular weight is 366 g/mol. The molecule has 2 N–H and O–H groups in total. The number of piperidine rings is 1. The molecular weight excluding hydrogens is 334 g/mol. The number of hydrogen-bond donors (Lipinski definition) is 2. The summed E-state index contributed by atoms with van der Waals surface area (Å²) in [5, 5.41) is 6.89. The van der Waals surface area contributed by atoms with Gasteiger partial charge in [-0.05, 0) is 57.3 Å². The number of nitrogens with zero attached hydrogens (tertiary/aromatic N) is 1. The Labute approximate surface area is 155 Å². The lowest BCUT2D eigenvalue weighted by atomic mass is 9.93. The number of anilines is 1. The van der Waals surface area contributed by atoms with Crippen LogP contribution in [0.3, 0.4) is 0 Å². The zero-order valence-corrected chi connectivity index (χ0v) is 16.9. The van der Waals surface area contributed by atoms with Gasteiger partial charge < -0.3 is 15.5 Å². The molecule has 0 aromatic carbocycles. The number of nitrogens with one attached hydrogen (secondary N) is 2. The van der Waals surface area contributed by atoms with Crippen LogP contribution in [0.2, 0.25) is 0 Å². The first-order valence-corrected chi connectivity index (χ1v) is 9.89. The van der Waals surface area contributed by atoms with Gasteiger partial charge in [-0.15, -0.1) is 11.3 Å². The molecule has 0 radical (unpaired) electrons. The van der Waals surface area contributed by atoms with Gasteiger partial charge in [-0.3, -0.25) is 9.59 Å². The van der Waals surface area contributed by atoms with Gasteiger partial charge in [-0.25, -0.2) is 0 Å². The quantitative estimate of drug-likeness (QED) is 0.839. The number of carbonyl (C=O) groups is 2. The molecule has 140 valence electrons. The van der Waals surface area contributed by atoms with Crippen LogP contribution >= 0.6 is 11.3 Å². The molecule has 2 rings (SSSR count). The monoisotopic (exact) mass is 365 g/mol. The van der Waals surface area contributed by atoms with Crippen LogP contribution in [0.25, 0.3) is 0 Å². The van der Waals surface area contributed by atoms with E-state index in [2.05, 4.69) is 10.6 Å². The first-order chi connectivity index (χ1) is 11.7. The maximum Gasteiger partial charge on any atom is 0.264 e. The summed E-state index contributed by atoms with van der Waals surface area (Å²) in [4.78, 5) is 27.7. The Morgan fingerprint density at radius 3 is 2.48 bits per heavy atom. The smallest absolute Gasteiger partial charge is 0.264 e. The highest BCUT2D eigenvalue weighted by atomic mass is 32.1. The lowest BCUT2D eigenvalue weighted by Gasteiger charge is -2.32. The van der Waals surface area contributed by atoms with Crippen molar-refractivity contribution in [2.45, 2.75) is 47.0 Å². The van der Waals surface area contributed by atoms with Gasteiger partial charge in [-0.2, -0.15) is 0 Å². The predicted molar refractivity (Wildman–Crippen MR) is 104 cm³/mol. The van der Waals surface area contributed by atoms with Gasteiger partial charge in [0.2, 0.25) is 5.91 Å². The molecule has 6 heteroatoms. The van der Waals surface area contributed by atoms with Crippen LogP contribution < -0.4 is 10.6 Å². The van der Waals surface area contributed by atoms with Gasteiger partial charge in [0, 0.05) is 18.5 Å². The van der Waals surface area contributed by atoms with E-state index in [1.54, 1.807) is 0 Å². The summed E-state index contributed by atoms with van der Waals surface area (Å²) in [6.45, 7) is 10.3. The molecule has 0 unspecified atom stereocenters. The van der Waals surface area contributed by atoms with Crippen LogP contribution in [0.15, 0.2) is 6.07 Å². The summed E-state index contributed by atoms with van der Waals surface area (Å²) in [5.74, 6) is 0.784. The highest BCUT2D eigenvalue weighted by Gasteiger charge is 2.27. The van der Waals surface area contributed by atoms with E-state index in [1.807, 2.05) is 45.7 Å². The SMILES string of the molecule is CNCCC1CCN(C(=O)c2sc(NC(=O)C(C)(C)C)cc2C)CC1. The first-order valence-electron chi connectivity index (χ1n) is 9.08. The lowest BCUT2D eigenvalue weighted by Crippen LogP contribution is -2.38. The Hall–Kier alpha value is -1.40. The van der Waals surface area contributed by atoms with E-state index in [0.717, 1.165) is 47.9 Å². The molecule has 2 amide bonds. The molecule has 1 fully saturated rings. The fraction of sp³-hybridized carbons (Fsp3) is 0.684. The molecule has 0 atom stereocenters. The fourth-order valence-electron chi connectivity index (χ4n) is 2.97. The molecule has 1 aromatic rings. The lowest BCUT2D eigenvalue weighted by molar-refractivity contribution is -0.123. The second kappa shape index (κ2) is 8.32. The van der Waals surface area contributed by atoms with Crippen molar-refractivity contribution in [1.29, 1.82) is 0 Å². The van der Waals surface area contributed by atoms with Crippen molar-refractivity contribution in [1.82, 2.24) is 10.2 Å². The molecule has 25 heavy (non-hydrogen) atoms. The van der Waals surface area contributed by atoms with Crippen LogP contribution in [-0.2, 0) is 4.79 Å². The number of amides is 2. The minimum atomic E-state index is -0.447. The number of hydrogen-bond acceptors (Lipinski definition) is 4. The fourth-order valence-corrected chi connectivity index (χ4v) is 4.01. The van der Waals surface area contributed by atoms with Crippen molar-refractivity contribution in [3.05, 3.63) is 16.5 Å². The van der Waals surface area contributed by atoms with Crippen LogP contribution in [0, 0.1) is 18.3 Å². The zero-order valence-electron chi connectivity index (χ0n) is 16.1. The standard InChI is InChI=1S/C19H31N3O2S/c1-13-12-15(21-18(24)19(2,3)4)25-16(13)17(23)22-10-7-14(8-11-22)6-9-20-5/h12,14,20H,6-11H2,1-5H3,(H,21,24). The Kier molecular flexibility index (Phi) is 6.63. The third kappa shape index (κ3) is 5.28. The van der Waals surface area contributed by atoms with Crippen molar-refractivity contribution in [3.63, 3.8) is 0 Å². The van der Waals surface area contributed by atoms with Crippen molar-refractivity contribution >= 4 is 28.2 Å². The Bertz CT molecular complexity index is 611. The number of likely N-dealkylation sites (tertiary alicyclic amines) is 1. The maximum absolute atomic E-state index is 12.8. The van der Waals surface area contributed by atoms with Crippen molar-refractivity contribution in [3.8, 4) is 0 Å². The molecule has 0 aliphatic carbocycles. The molecule has 1 aromatic heterocycles. The summed E-state index contributed by atoms with van der Waals surface area (Å²) < 4.78 is 0. The minimum Gasteiger partial charge on any atom is -0.338 e. The van der Waals surface area contributed by atoms with Gasteiger partial charge in [0.05, 0.1) is 9.88 Å². The minimum absolute atomic E-state index is 0.0295. The molecular formula is C19H31N3O2S. The number of thiophene rings is 1. The topological polar surface area (TPSA) is 61.4 Å². The molecule has 1 saturated heterocycles. The summed E-state index contributed by atoms with van der Waals surface area (Å²) in [7, 11) is 1.98. The second-order valence-corrected chi connectivity index (χ2v) is 9.01. The highest BCUT2D eigenvalue weighted by molar-refractivity contribution is 7.18. The molecule has 5 nitrogen and oxygen atoms in total. The van der Waals surface area contributed by atoms with Crippen LogP contribution in [0.5, 0.6) is 0 Å². The van der Waals surface area contributed by atoms with Crippen LogP contribution in [0.1, 0.15) is 55.3 Å². The average Bonchev–Trinajstić information content (AvgIpc) is 2.92. The number of carbonyl (C=O) groups excluding carboxylic acids is 2. The molecule has 2 heterocycles. The Morgan fingerprint density at radius 1 is 1.28 bits per heavy atom. The maximum atomic E-state index is 12.8. The Morgan fingerprint density at radius 2 is 1.92 bits per heavy atom. The Balaban J connectivity index is 1.98. The largest absolute Gasteiger partial charge is 0.338 e. The van der Waals surface area contributed by atoms with Gasteiger partial charge in [0.15, 0.2) is 0 Å². The summed E-state index contributed by atoms with van der Waals surface area (Å²) in [6.07, 6.45) is 3.33. The van der Waals surface area contributed by atoms with E-state index < -0.39 is 5.41 Å². The summed E-state index contributed by atoms with van der Waals surface area (Å²) in [5.41, 5.74) is 0.494. The molecule has 0 saturated carbocycles. The van der Waals surface area contributed by atoms with E-state index >= 15 is 0 Å². The van der Waals surface area contributed by atoms with Crippen LogP contribution in [-0.4, -0.2) is 43.4 Å². The van der Waals surface area contributed by atoms with E-state index in [4.69, 9.17) is 0 Å². The summed E-state index contributed by atoms with van der Waals surface area (Å²) >= 11 is 1.39. The van der Waals surface area contributed by atoms with Crippen molar-refractivity contribution in [2.24, 2.45) is 11.3 Å². The predicted octanol–water partition coefficient (Wildman–Crippen LogP) is 3.50. The van der Waals surface area contributed by atoms with E-state index in [9.17, 15) is 9.59 Å². The second-order valence-electron chi connectivity index (χ2n) is 7.95. The van der Waals surface area contributed by atoms with Gasteiger partial charge >= 0.3 is 0 Å². The molecule has 1 aliphatic heterocycles. The van der Waals surface area contributed by atoms with E-state index in [-0.39, 0.29) is 11.8 Å². The van der Waals surface area contributed by atoms with Gasteiger partial charge in [-0.1, -0.05) is 20.8 Å². The molecule has 0 bridgehead atoms. The molecule has 0 spiro atoms.